The van der Waals surface area contributed by atoms with E-state index in [1.807, 2.05) is 12.1 Å². The lowest BCUT2D eigenvalue weighted by Crippen LogP contribution is -2.54. The number of hydrogen-bond acceptors (Lipinski definition) is 5. The average Bonchev–Trinajstić information content (AvgIpc) is 3.45. The monoisotopic (exact) mass is 433 g/mol. The van der Waals surface area contributed by atoms with E-state index in [4.69, 9.17) is 0 Å². The van der Waals surface area contributed by atoms with Gasteiger partial charge in [-0.15, -0.1) is 0 Å². The molecule has 1 fully saturated rings. The number of benzene rings is 2. The molecule has 2 amide bonds. The van der Waals surface area contributed by atoms with Crippen LogP contribution in [0.2, 0.25) is 0 Å². The minimum Gasteiger partial charge on any atom is -0.508 e. The summed E-state index contributed by atoms with van der Waals surface area (Å²) in [6.45, 7) is 0. The number of aryl methyl sites for hydroxylation is 1. The second kappa shape index (κ2) is 9.21. The van der Waals surface area contributed by atoms with E-state index >= 15 is 0 Å². The Labute approximate surface area is 186 Å². The molecule has 1 aliphatic carbocycles. The van der Waals surface area contributed by atoms with Gasteiger partial charge in [-0.3, -0.25) is 9.48 Å². The molecule has 3 N–H and O–H groups in total. The summed E-state index contributed by atoms with van der Waals surface area (Å²) in [5.74, 6) is 0.723. The number of amides is 2. The number of carbonyl (C=O) groups excluding carboxylic acids is 2. The molecule has 0 spiro atoms. The maximum absolute atomic E-state index is 13.2. The second-order valence-electron chi connectivity index (χ2n) is 8.26. The molecule has 1 heterocycles. The van der Waals surface area contributed by atoms with Crippen molar-refractivity contribution in [2.45, 2.75) is 43.7 Å². The zero-order valence-electron chi connectivity index (χ0n) is 18.0. The van der Waals surface area contributed by atoms with Gasteiger partial charge >= 0.3 is 6.03 Å². The zero-order chi connectivity index (χ0) is 22.6. The van der Waals surface area contributed by atoms with Crippen LogP contribution in [0.4, 0.5) is 4.79 Å². The van der Waals surface area contributed by atoms with Crippen molar-refractivity contribution in [3.63, 3.8) is 0 Å². The molecule has 166 valence electrons. The van der Waals surface area contributed by atoms with E-state index in [9.17, 15) is 14.7 Å². The number of nitrogens with one attached hydrogen (secondary N) is 2. The van der Waals surface area contributed by atoms with Crippen molar-refractivity contribution in [1.82, 2.24) is 25.4 Å². The molecule has 0 bridgehead atoms. The highest BCUT2D eigenvalue weighted by molar-refractivity contribution is 5.78. The lowest BCUT2D eigenvalue weighted by Gasteiger charge is -2.36. The predicted octanol–water partition coefficient (Wildman–Crippen LogP) is 3.06. The Hall–Kier alpha value is -3.68. The van der Waals surface area contributed by atoms with E-state index in [1.165, 1.54) is 6.33 Å². The molecule has 1 unspecified atom stereocenters. The first-order valence-corrected chi connectivity index (χ1v) is 10.8. The van der Waals surface area contributed by atoms with E-state index in [0.717, 1.165) is 32.0 Å². The van der Waals surface area contributed by atoms with Gasteiger partial charge < -0.3 is 15.7 Å². The third-order valence-electron chi connectivity index (χ3n) is 6.10. The van der Waals surface area contributed by atoms with Crippen molar-refractivity contribution < 1.29 is 14.7 Å². The van der Waals surface area contributed by atoms with E-state index < -0.39 is 5.54 Å². The standard InChI is InChI=1S/C24H27N5O3/c1-29-22(25-16-26-29)14-24(19-8-5-11-21(31)13-19,18-7-4-6-17(12-18)15-30)28-23(32)27-20-9-2-3-10-20/h4-8,11-13,15-16,20,31H,2-3,9-10,14H2,1H3,(H2,27,28,32). The summed E-state index contributed by atoms with van der Waals surface area (Å²) in [5.41, 5.74) is 0.770. The minimum absolute atomic E-state index is 0.0781. The van der Waals surface area contributed by atoms with Crippen LogP contribution in [0.25, 0.3) is 0 Å². The minimum atomic E-state index is -1.10. The summed E-state index contributed by atoms with van der Waals surface area (Å²) in [6.07, 6.45) is 6.62. The number of rotatable bonds is 7. The molecule has 4 rings (SSSR count). The number of aldehydes is 1. The van der Waals surface area contributed by atoms with Crippen LogP contribution in [0.1, 0.15) is 53.0 Å². The molecule has 32 heavy (non-hydrogen) atoms. The van der Waals surface area contributed by atoms with Gasteiger partial charge in [-0.2, -0.15) is 5.10 Å². The topological polar surface area (TPSA) is 109 Å². The van der Waals surface area contributed by atoms with Crippen molar-refractivity contribution >= 4 is 12.3 Å². The van der Waals surface area contributed by atoms with Crippen LogP contribution < -0.4 is 10.6 Å². The zero-order valence-corrected chi connectivity index (χ0v) is 18.0. The number of aromatic nitrogens is 3. The highest BCUT2D eigenvalue weighted by atomic mass is 16.3. The summed E-state index contributed by atoms with van der Waals surface area (Å²) >= 11 is 0. The van der Waals surface area contributed by atoms with Crippen LogP contribution in [0.5, 0.6) is 5.75 Å². The Balaban J connectivity index is 1.84. The number of aromatic hydroxyl groups is 1. The quantitative estimate of drug-likeness (QED) is 0.496. The molecule has 3 aromatic rings. The molecule has 8 nitrogen and oxygen atoms in total. The summed E-state index contributed by atoms with van der Waals surface area (Å²) < 4.78 is 1.65. The lowest BCUT2D eigenvalue weighted by atomic mass is 9.79. The normalized spacial score (nSPS) is 15.8. The summed E-state index contributed by atoms with van der Waals surface area (Å²) in [7, 11) is 1.79. The molecule has 1 aliphatic rings. The molecule has 0 radical (unpaired) electrons. The summed E-state index contributed by atoms with van der Waals surface area (Å²) in [6, 6.07) is 13.7. The van der Waals surface area contributed by atoms with Gasteiger partial charge in [0.2, 0.25) is 0 Å². The van der Waals surface area contributed by atoms with Crippen LogP contribution in [-0.4, -0.2) is 38.2 Å². The Bertz CT molecular complexity index is 1110. The highest BCUT2D eigenvalue weighted by Gasteiger charge is 2.39. The summed E-state index contributed by atoms with van der Waals surface area (Å²) in [4.78, 5) is 29.1. The van der Waals surface area contributed by atoms with Gasteiger partial charge in [-0.25, -0.2) is 9.78 Å². The van der Waals surface area contributed by atoms with Gasteiger partial charge in [-0.05, 0) is 42.2 Å². The average molecular weight is 434 g/mol. The molecule has 0 saturated heterocycles. The lowest BCUT2D eigenvalue weighted by molar-refractivity contribution is 0.112. The van der Waals surface area contributed by atoms with Gasteiger partial charge in [0, 0.05) is 25.1 Å². The Kier molecular flexibility index (Phi) is 6.20. The molecule has 1 saturated carbocycles. The molecule has 2 aromatic carbocycles. The van der Waals surface area contributed by atoms with Crippen molar-refractivity contribution in [1.29, 1.82) is 0 Å². The third kappa shape index (κ3) is 4.49. The molecule has 1 aromatic heterocycles. The first-order valence-electron chi connectivity index (χ1n) is 10.8. The van der Waals surface area contributed by atoms with Gasteiger partial charge in [0.05, 0.1) is 5.54 Å². The molecular formula is C24H27N5O3. The number of phenolic OH excluding ortho intramolecular Hbond substituents is 1. The molecular weight excluding hydrogens is 406 g/mol. The maximum Gasteiger partial charge on any atom is 0.315 e. The molecule has 8 heteroatoms. The number of carbonyl (C=O) groups is 2. The smallest absolute Gasteiger partial charge is 0.315 e. The SMILES string of the molecule is Cn1ncnc1CC(NC(=O)NC1CCCC1)(c1cccc(O)c1)c1cccc(C=O)c1. The largest absolute Gasteiger partial charge is 0.508 e. The number of phenols is 1. The Morgan fingerprint density at radius 3 is 2.56 bits per heavy atom. The molecule has 0 aliphatic heterocycles. The van der Waals surface area contributed by atoms with E-state index in [2.05, 4.69) is 20.7 Å². The van der Waals surface area contributed by atoms with Crippen molar-refractivity contribution in [3.8, 4) is 5.75 Å². The van der Waals surface area contributed by atoms with Crippen LogP contribution in [0.15, 0.2) is 54.9 Å². The number of urea groups is 1. The van der Waals surface area contributed by atoms with E-state index in [0.29, 0.717) is 22.5 Å². The second-order valence-corrected chi connectivity index (χ2v) is 8.26. The fourth-order valence-corrected chi connectivity index (χ4v) is 4.41. The van der Waals surface area contributed by atoms with Crippen LogP contribution in [-0.2, 0) is 19.0 Å². The summed E-state index contributed by atoms with van der Waals surface area (Å²) in [5, 5.41) is 20.7. The van der Waals surface area contributed by atoms with Gasteiger partial charge in [0.25, 0.3) is 0 Å². The van der Waals surface area contributed by atoms with Crippen molar-refractivity contribution in [2.24, 2.45) is 7.05 Å². The first kappa shape index (κ1) is 21.5. The predicted molar refractivity (Wildman–Crippen MR) is 119 cm³/mol. The van der Waals surface area contributed by atoms with Gasteiger partial charge in [-0.1, -0.05) is 43.2 Å². The van der Waals surface area contributed by atoms with Crippen molar-refractivity contribution in [2.75, 3.05) is 0 Å². The van der Waals surface area contributed by atoms with E-state index in [1.54, 1.807) is 48.1 Å². The Morgan fingerprint density at radius 1 is 1.19 bits per heavy atom. The van der Waals surface area contributed by atoms with Crippen LogP contribution >= 0.6 is 0 Å². The fourth-order valence-electron chi connectivity index (χ4n) is 4.41. The third-order valence-corrected chi connectivity index (χ3v) is 6.10. The van der Waals surface area contributed by atoms with Gasteiger partial charge in [0.15, 0.2) is 0 Å². The number of hydrogen-bond donors (Lipinski definition) is 3. The number of nitrogens with zero attached hydrogens (tertiary/aromatic N) is 3. The van der Waals surface area contributed by atoms with E-state index in [-0.39, 0.29) is 24.2 Å². The molecule has 1 atom stereocenters. The highest BCUT2D eigenvalue weighted by Crippen LogP contribution is 2.35. The van der Waals surface area contributed by atoms with Gasteiger partial charge in [0.1, 0.15) is 24.2 Å². The first-order chi connectivity index (χ1) is 15.5. The van der Waals surface area contributed by atoms with Crippen LogP contribution in [0, 0.1) is 0 Å². The fraction of sp³-hybridized carbons (Fsp3) is 0.333. The van der Waals surface area contributed by atoms with Crippen molar-refractivity contribution in [3.05, 3.63) is 77.4 Å². The van der Waals surface area contributed by atoms with Crippen LogP contribution in [0.3, 0.4) is 0 Å². The Morgan fingerprint density at radius 2 is 1.91 bits per heavy atom. The maximum atomic E-state index is 13.2.